The fraction of sp³-hybridized carbons (Fsp3) is 0.0213. The molecular formula is C47H30N4. The van der Waals surface area contributed by atoms with Gasteiger partial charge in [-0.15, -0.1) is 0 Å². The van der Waals surface area contributed by atoms with E-state index in [-0.39, 0.29) is 0 Å². The maximum absolute atomic E-state index is 9.68. The van der Waals surface area contributed by atoms with Crippen molar-refractivity contribution in [3.05, 3.63) is 210 Å². The molecule has 0 saturated heterocycles. The van der Waals surface area contributed by atoms with Crippen molar-refractivity contribution >= 4 is 0 Å². The Labute approximate surface area is 297 Å². The van der Waals surface area contributed by atoms with Crippen LogP contribution in [0.15, 0.2) is 182 Å². The minimum absolute atomic E-state index is 0.530. The summed E-state index contributed by atoms with van der Waals surface area (Å²) in [7, 11) is 0. The van der Waals surface area contributed by atoms with Crippen molar-refractivity contribution in [2.24, 2.45) is 0 Å². The number of benzene rings is 7. The van der Waals surface area contributed by atoms with Gasteiger partial charge in [0.25, 0.3) is 0 Å². The number of aromatic nitrogens is 3. The first kappa shape index (κ1) is 30.1. The molecule has 0 spiro atoms. The molecule has 9 rings (SSSR count). The number of nitrogens with zero attached hydrogens (tertiary/aromatic N) is 4. The Morgan fingerprint density at radius 1 is 0.373 bits per heavy atom. The fourth-order valence-electron chi connectivity index (χ4n) is 7.59. The fourth-order valence-corrected chi connectivity index (χ4v) is 7.59. The molecule has 1 aromatic heterocycles. The molecule has 7 aromatic carbocycles. The zero-order valence-corrected chi connectivity index (χ0v) is 27.6. The number of hydrogen-bond acceptors (Lipinski definition) is 4. The average Bonchev–Trinajstić information content (AvgIpc) is 3.52. The van der Waals surface area contributed by atoms with Crippen LogP contribution < -0.4 is 0 Å². The third kappa shape index (κ3) is 5.03. The molecule has 0 radical (unpaired) electrons. The topological polar surface area (TPSA) is 62.5 Å². The van der Waals surface area contributed by atoms with Gasteiger partial charge in [-0.25, -0.2) is 15.0 Å². The summed E-state index contributed by atoms with van der Waals surface area (Å²) in [5, 5.41) is 9.68. The summed E-state index contributed by atoms with van der Waals surface area (Å²) < 4.78 is 0. The molecule has 0 aliphatic heterocycles. The van der Waals surface area contributed by atoms with Gasteiger partial charge in [-0.1, -0.05) is 170 Å². The van der Waals surface area contributed by atoms with Gasteiger partial charge in [0.2, 0.25) is 0 Å². The first-order chi connectivity index (χ1) is 25.2. The van der Waals surface area contributed by atoms with Crippen molar-refractivity contribution in [3.63, 3.8) is 0 Å². The van der Waals surface area contributed by atoms with Crippen molar-refractivity contribution in [1.29, 1.82) is 5.26 Å². The van der Waals surface area contributed by atoms with Crippen LogP contribution in [-0.2, 0) is 5.41 Å². The molecule has 0 unspecified atom stereocenters. The number of nitriles is 1. The molecule has 1 heterocycles. The zero-order valence-electron chi connectivity index (χ0n) is 27.6. The van der Waals surface area contributed by atoms with E-state index in [1.54, 1.807) is 0 Å². The summed E-state index contributed by atoms with van der Waals surface area (Å²) in [5.41, 5.74) is 12.0. The molecule has 0 bridgehead atoms. The summed E-state index contributed by atoms with van der Waals surface area (Å²) in [6, 6.07) is 65.1. The van der Waals surface area contributed by atoms with Crippen LogP contribution in [0.25, 0.3) is 56.4 Å². The van der Waals surface area contributed by atoms with E-state index in [1.807, 2.05) is 78.9 Å². The van der Waals surface area contributed by atoms with Crippen LogP contribution in [-0.4, -0.2) is 15.0 Å². The zero-order chi connectivity index (χ0) is 34.2. The lowest BCUT2D eigenvalue weighted by Gasteiger charge is -2.34. The largest absolute Gasteiger partial charge is 0.208 e. The van der Waals surface area contributed by atoms with Crippen molar-refractivity contribution in [1.82, 2.24) is 15.0 Å². The summed E-state index contributed by atoms with van der Waals surface area (Å²) in [6.07, 6.45) is 0. The van der Waals surface area contributed by atoms with E-state index in [2.05, 4.69) is 109 Å². The van der Waals surface area contributed by atoms with Crippen molar-refractivity contribution in [2.45, 2.75) is 5.41 Å². The quantitative estimate of drug-likeness (QED) is 0.180. The van der Waals surface area contributed by atoms with Gasteiger partial charge in [-0.3, -0.25) is 0 Å². The van der Waals surface area contributed by atoms with E-state index in [1.165, 1.54) is 27.8 Å². The molecule has 4 nitrogen and oxygen atoms in total. The van der Waals surface area contributed by atoms with Gasteiger partial charge < -0.3 is 0 Å². The van der Waals surface area contributed by atoms with E-state index in [0.717, 1.165) is 33.4 Å². The molecule has 238 valence electrons. The predicted octanol–water partition coefficient (Wildman–Crippen LogP) is 10.8. The highest BCUT2D eigenvalue weighted by molar-refractivity contribution is 5.86. The van der Waals surface area contributed by atoms with E-state index in [9.17, 15) is 5.26 Å². The average molecular weight is 651 g/mol. The Kier molecular flexibility index (Phi) is 7.38. The molecule has 0 atom stereocenters. The smallest absolute Gasteiger partial charge is 0.164 e. The third-order valence-electron chi connectivity index (χ3n) is 9.88. The van der Waals surface area contributed by atoms with Gasteiger partial charge >= 0.3 is 0 Å². The normalized spacial score (nSPS) is 12.5. The molecule has 0 N–H and O–H groups in total. The van der Waals surface area contributed by atoms with Crippen molar-refractivity contribution in [3.8, 4) is 62.5 Å². The Morgan fingerprint density at radius 2 is 0.824 bits per heavy atom. The summed E-state index contributed by atoms with van der Waals surface area (Å²) >= 11 is 0. The predicted molar refractivity (Wildman–Crippen MR) is 204 cm³/mol. The molecule has 4 heteroatoms. The van der Waals surface area contributed by atoms with E-state index in [4.69, 9.17) is 15.0 Å². The molecule has 8 aromatic rings. The first-order valence-electron chi connectivity index (χ1n) is 17.0. The third-order valence-corrected chi connectivity index (χ3v) is 9.88. The van der Waals surface area contributed by atoms with Gasteiger partial charge in [0.1, 0.15) is 0 Å². The molecular weight excluding hydrogens is 621 g/mol. The van der Waals surface area contributed by atoms with E-state index < -0.39 is 5.41 Å². The maximum Gasteiger partial charge on any atom is 0.164 e. The molecule has 0 saturated carbocycles. The highest BCUT2D eigenvalue weighted by Gasteiger charge is 2.45. The lowest BCUT2D eigenvalue weighted by molar-refractivity contribution is 0.768. The number of rotatable bonds is 6. The second kappa shape index (κ2) is 12.5. The van der Waals surface area contributed by atoms with Gasteiger partial charge in [-0.2, -0.15) is 5.26 Å². The molecule has 1 aliphatic rings. The highest BCUT2D eigenvalue weighted by atomic mass is 15.0. The SMILES string of the molecule is N#Cc1ccccc1-c1ccc(-c2nc(-c3ccccc3)nc(-c3cccc(C4(c5ccccc5)c5ccccc5-c5ccccc54)c3)n2)cc1. The first-order valence-corrected chi connectivity index (χ1v) is 17.0. The molecule has 0 fully saturated rings. The van der Waals surface area contributed by atoms with Crippen molar-refractivity contribution in [2.75, 3.05) is 0 Å². The molecule has 1 aliphatic carbocycles. The lowest BCUT2D eigenvalue weighted by Crippen LogP contribution is -2.28. The van der Waals surface area contributed by atoms with Crippen LogP contribution in [0.2, 0.25) is 0 Å². The monoisotopic (exact) mass is 650 g/mol. The Bertz CT molecular complexity index is 2540. The van der Waals surface area contributed by atoms with Gasteiger partial charge in [0.05, 0.1) is 17.0 Å². The highest BCUT2D eigenvalue weighted by Crippen LogP contribution is 2.56. The summed E-state index contributed by atoms with van der Waals surface area (Å²) in [6.45, 7) is 0. The van der Waals surface area contributed by atoms with Crippen LogP contribution in [0.5, 0.6) is 0 Å². The Balaban J connectivity index is 1.23. The van der Waals surface area contributed by atoms with Crippen LogP contribution in [0, 0.1) is 11.3 Å². The van der Waals surface area contributed by atoms with E-state index >= 15 is 0 Å². The minimum atomic E-state index is -0.530. The van der Waals surface area contributed by atoms with Crippen LogP contribution in [0.1, 0.15) is 27.8 Å². The van der Waals surface area contributed by atoms with Crippen LogP contribution >= 0.6 is 0 Å². The molecule has 0 amide bonds. The Morgan fingerprint density at radius 3 is 1.45 bits per heavy atom. The second-order valence-electron chi connectivity index (χ2n) is 12.7. The summed E-state index contributed by atoms with van der Waals surface area (Å²) in [4.78, 5) is 15.2. The standard InChI is InChI=1S/C47H30N4/c48-31-36-16-7-8-21-39(36)32-26-28-34(29-27-32)45-49-44(33-14-3-1-4-15-33)50-46(51-45)35-17-13-20-38(30-35)47(37-18-5-2-6-19-37)42-24-11-9-22-40(42)41-23-10-12-25-43(41)47/h1-30H. The maximum atomic E-state index is 9.68. The number of hydrogen-bond donors (Lipinski definition) is 0. The van der Waals surface area contributed by atoms with Crippen molar-refractivity contribution < 1.29 is 0 Å². The number of fused-ring (bicyclic) bond motifs is 3. The van der Waals surface area contributed by atoms with Gasteiger partial charge in [-0.05, 0) is 56.6 Å². The van der Waals surface area contributed by atoms with E-state index in [0.29, 0.717) is 23.0 Å². The Hall–Kier alpha value is -6.96. The van der Waals surface area contributed by atoms with Crippen LogP contribution in [0.3, 0.4) is 0 Å². The molecule has 51 heavy (non-hydrogen) atoms. The summed E-state index contributed by atoms with van der Waals surface area (Å²) in [5.74, 6) is 1.79. The van der Waals surface area contributed by atoms with Crippen LogP contribution in [0.4, 0.5) is 0 Å². The second-order valence-corrected chi connectivity index (χ2v) is 12.7. The lowest BCUT2D eigenvalue weighted by atomic mass is 9.67. The minimum Gasteiger partial charge on any atom is -0.208 e. The van der Waals surface area contributed by atoms with Gasteiger partial charge in [0, 0.05) is 16.7 Å². The van der Waals surface area contributed by atoms with Gasteiger partial charge in [0.15, 0.2) is 17.5 Å².